The van der Waals surface area contributed by atoms with Gasteiger partial charge in [-0.3, -0.25) is 4.79 Å². The van der Waals surface area contributed by atoms with Crippen LogP contribution < -0.4 is 5.32 Å². The number of amides is 1. The van der Waals surface area contributed by atoms with Crippen molar-refractivity contribution in [2.45, 2.75) is 25.3 Å². The predicted octanol–water partition coefficient (Wildman–Crippen LogP) is 3.17. The second-order valence-electron chi connectivity index (χ2n) is 4.63. The van der Waals surface area contributed by atoms with Gasteiger partial charge in [-0.25, -0.2) is 0 Å². The lowest BCUT2D eigenvalue weighted by molar-refractivity contribution is 0.0953. The fourth-order valence-corrected chi connectivity index (χ4v) is 4.77. The summed E-state index contributed by atoms with van der Waals surface area (Å²) in [6.07, 6.45) is 4.88. The van der Waals surface area contributed by atoms with Crippen molar-refractivity contribution < 1.29 is 4.79 Å². The van der Waals surface area contributed by atoms with Crippen LogP contribution in [0.2, 0.25) is 0 Å². The smallest absolute Gasteiger partial charge is 0.253 e. The van der Waals surface area contributed by atoms with Gasteiger partial charge in [0.05, 0.1) is 13.1 Å². The molecule has 1 amide bonds. The second-order valence-corrected chi connectivity index (χ2v) is 8.38. The van der Waals surface area contributed by atoms with Crippen LogP contribution in [-0.2, 0) is 6.42 Å². The molecule has 1 aliphatic rings. The molecule has 20 heavy (non-hydrogen) atoms. The molecule has 3 rings (SSSR count). The van der Waals surface area contributed by atoms with Crippen molar-refractivity contribution in [2.24, 2.45) is 0 Å². The number of halogens is 2. The molecule has 2 aromatic heterocycles. The van der Waals surface area contributed by atoms with Crippen LogP contribution >= 0.6 is 43.2 Å². The number of aromatic nitrogens is 3. The summed E-state index contributed by atoms with van der Waals surface area (Å²) in [4.78, 5) is 12.0. The third-order valence-corrected chi connectivity index (χ3v) is 5.46. The van der Waals surface area contributed by atoms with E-state index in [1.165, 1.54) is 24.2 Å². The lowest BCUT2D eigenvalue weighted by Crippen LogP contribution is -2.26. The molecule has 1 N–H and O–H groups in total. The summed E-state index contributed by atoms with van der Waals surface area (Å²) >= 11 is 8.25. The minimum Gasteiger partial charge on any atom is -0.352 e. The zero-order chi connectivity index (χ0) is 14.1. The van der Waals surface area contributed by atoms with Gasteiger partial charge >= 0.3 is 0 Å². The second kappa shape index (κ2) is 5.95. The van der Waals surface area contributed by atoms with Gasteiger partial charge in [0.2, 0.25) is 0 Å². The molecular formula is C12H12Br2N4OS. The van der Waals surface area contributed by atoms with Crippen LogP contribution in [0.25, 0.3) is 0 Å². The van der Waals surface area contributed by atoms with Gasteiger partial charge in [-0.2, -0.15) is 0 Å². The van der Waals surface area contributed by atoms with E-state index >= 15 is 0 Å². The maximum atomic E-state index is 12.0. The van der Waals surface area contributed by atoms with Gasteiger partial charge in [-0.05, 0) is 50.8 Å². The first-order chi connectivity index (χ1) is 9.65. The third-order valence-electron chi connectivity index (χ3n) is 3.12. The van der Waals surface area contributed by atoms with E-state index in [1.807, 2.05) is 6.07 Å². The Kier molecular flexibility index (Phi) is 4.23. The monoisotopic (exact) mass is 418 g/mol. The Balaban J connectivity index is 1.56. The molecule has 0 aromatic carbocycles. The highest BCUT2D eigenvalue weighted by atomic mass is 79.9. The van der Waals surface area contributed by atoms with Gasteiger partial charge in [0.15, 0.2) is 0 Å². The largest absolute Gasteiger partial charge is 0.352 e. The number of hydrogen-bond acceptors (Lipinski definition) is 4. The van der Waals surface area contributed by atoms with E-state index in [0.717, 1.165) is 13.4 Å². The quantitative estimate of drug-likeness (QED) is 0.809. The van der Waals surface area contributed by atoms with Crippen LogP contribution in [0.15, 0.2) is 20.0 Å². The first-order valence-electron chi connectivity index (χ1n) is 6.26. The van der Waals surface area contributed by atoms with Gasteiger partial charge in [0.25, 0.3) is 5.91 Å². The van der Waals surface area contributed by atoms with Gasteiger partial charge in [0, 0.05) is 19.0 Å². The molecule has 2 heterocycles. The topological polar surface area (TPSA) is 59.8 Å². The molecule has 0 aliphatic heterocycles. The number of thiophene rings is 1. The molecule has 0 saturated heterocycles. The van der Waals surface area contributed by atoms with Crippen LogP contribution in [0.3, 0.4) is 0 Å². The van der Waals surface area contributed by atoms with Crippen LogP contribution in [0.1, 0.15) is 35.1 Å². The third kappa shape index (κ3) is 3.12. The van der Waals surface area contributed by atoms with Crippen molar-refractivity contribution in [3.05, 3.63) is 31.4 Å². The molecule has 0 radical (unpaired) electrons. The maximum Gasteiger partial charge on any atom is 0.253 e. The molecule has 8 heteroatoms. The van der Waals surface area contributed by atoms with Gasteiger partial charge < -0.3 is 9.88 Å². The molecule has 1 aliphatic carbocycles. The fourth-order valence-electron chi connectivity index (χ4n) is 1.98. The van der Waals surface area contributed by atoms with E-state index in [4.69, 9.17) is 0 Å². The van der Waals surface area contributed by atoms with Crippen molar-refractivity contribution >= 4 is 49.1 Å². The molecule has 0 unspecified atom stereocenters. The van der Waals surface area contributed by atoms with Gasteiger partial charge in [-0.15, -0.1) is 21.5 Å². The van der Waals surface area contributed by atoms with E-state index in [-0.39, 0.29) is 5.91 Å². The molecule has 5 nitrogen and oxygen atoms in total. The van der Waals surface area contributed by atoms with Crippen LogP contribution in [0.4, 0.5) is 0 Å². The van der Waals surface area contributed by atoms with Crippen LogP contribution in [0.5, 0.6) is 0 Å². The lowest BCUT2D eigenvalue weighted by Gasteiger charge is -2.06. The summed E-state index contributed by atoms with van der Waals surface area (Å²) in [6.45, 7) is 0.560. The zero-order valence-electron chi connectivity index (χ0n) is 10.5. The SMILES string of the molecule is O=C(NCCc1nncn1C1CC1)c1cc(Br)sc1Br. The van der Waals surface area contributed by atoms with Crippen molar-refractivity contribution in [1.29, 1.82) is 0 Å². The molecule has 106 valence electrons. The van der Waals surface area contributed by atoms with E-state index in [9.17, 15) is 4.79 Å². The molecular weight excluding hydrogens is 408 g/mol. The average molecular weight is 420 g/mol. The van der Waals surface area contributed by atoms with Crippen molar-refractivity contribution in [2.75, 3.05) is 6.54 Å². The number of hydrogen-bond donors (Lipinski definition) is 1. The highest BCUT2D eigenvalue weighted by Gasteiger charge is 2.25. The van der Waals surface area contributed by atoms with Gasteiger partial charge in [-0.1, -0.05) is 0 Å². The molecule has 0 spiro atoms. The number of nitrogens with one attached hydrogen (secondary N) is 1. The van der Waals surface area contributed by atoms with E-state index in [0.29, 0.717) is 24.6 Å². The first kappa shape index (κ1) is 14.2. The summed E-state index contributed by atoms with van der Waals surface area (Å²) in [6, 6.07) is 2.38. The highest BCUT2D eigenvalue weighted by Crippen LogP contribution is 2.35. The number of carbonyl (C=O) groups is 1. The van der Waals surface area contributed by atoms with E-state index < -0.39 is 0 Å². The fraction of sp³-hybridized carbons (Fsp3) is 0.417. The van der Waals surface area contributed by atoms with E-state index in [1.54, 1.807) is 6.33 Å². The van der Waals surface area contributed by atoms with Crippen molar-refractivity contribution in [3.63, 3.8) is 0 Å². The highest BCUT2D eigenvalue weighted by molar-refractivity contribution is 9.12. The minimum absolute atomic E-state index is 0.0729. The Bertz CT molecular complexity index is 635. The van der Waals surface area contributed by atoms with E-state index in [2.05, 4.69) is 51.9 Å². The molecule has 1 fully saturated rings. The number of nitrogens with zero attached hydrogens (tertiary/aromatic N) is 3. The Hall–Kier alpha value is -0.730. The van der Waals surface area contributed by atoms with Crippen LogP contribution in [-0.4, -0.2) is 27.2 Å². The standard InChI is InChI=1S/C12H12Br2N4OS/c13-9-5-8(11(14)20-9)12(19)15-4-3-10-17-16-6-18(10)7-1-2-7/h5-7H,1-4H2,(H,15,19). The summed E-state index contributed by atoms with van der Waals surface area (Å²) in [7, 11) is 0. The van der Waals surface area contributed by atoms with Crippen molar-refractivity contribution in [1.82, 2.24) is 20.1 Å². The van der Waals surface area contributed by atoms with Gasteiger partial charge in [0.1, 0.15) is 12.2 Å². The minimum atomic E-state index is -0.0729. The molecule has 0 atom stereocenters. The zero-order valence-corrected chi connectivity index (χ0v) is 14.5. The van der Waals surface area contributed by atoms with Crippen LogP contribution in [0, 0.1) is 0 Å². The molecule has 2 aromatic rings. The first-order valence-corrected chi connectivity index (χ1v) is 8.67. The Morgan fingerprint density at radius 2 is 2.30 bits per heavy atom. The Labute approximate surface area is 137 Å². The summed E-state index contributed by atoms with van der Waals surface area (Å²) in [5, 5.41) is 11.0. The van der Waals surface area contributed by atoms with Crippen molar-refractivity contribution in [3.8, 4) is 0 Å². The predicted molar refractivity (Wildman–Crippen MR) is 84.0 cm³/mol. The molecule has 1 saturated carbocycles. The average Bonchev–Trinajstić information content (AvgIpc) is 3.05. The Morgan fingerprint density at radius 1 is 1.50 bits per heavy atom. The maximum absolute atomic E-state index is 12.0. The summed E-state index contributed by atoms with van der Waals surface area (Å²) in [5.74, 6) is 0.870. The summed E-state index contributed by atoms with van der Waals surface area (Å²) < 4.78 is 3.88. The number of rotatable bonds is 5. The summed E-state index contributed by atoms with van der Waals surface area (Å²) in [5.41, 5.74) is 0.658. The number of carbonyl (C=O) groups excluding carboxylic acids is 1. The normalized spacial score (nSPS) is 14.5. The molecule has 0 bridgehead atoms. The lowest BCUT2D eigenvalue weighted by atomic mass is 10.3. The Morgan fingerprint density at radius 3 is 2.95 bits per heavy atom.